The van der Waals surface area contributed by atoms with Crippen molar-refractivity contribution in [3.63, 3.8) is 0 Å². The Kier molecular flexibility index (Phi) is 2.06. The Morgan fingerprint density at radius 2 is 2.38 bits per heavy atom. The highest BCUT2D eigenvalue weighted by atomic mass is 127. The zero-order valence-corrected chi connectivity index (χ0v) is 9.92. The number of hydrogen-bond donors (Lipinski definition) is 0. The van der Waals surface area contributed by atoms with Gasteiger partial charge in [-0.2, -0.15) is 4.37 Å². The summed E-state index contributed by atoms with van der Waals surface area (Å²) in [5, 5.41) is 0. The summed E-state index contributed by atoms with van der Waals surface area (Å²) in [4.78, 5) is 4.43. The second kappa shape index (κ2) is 3.13. The third kappa shape index (κ3) is 1.41. The first-order valence-corrected chi connectivity index (χ1v) is 6.33. The summed E-state index contributed by atoms with van der Waals surface area (Å²) < 4.78 is 11.2. The predicted octanol–water partition coefficient (Wildman–Crippen LogP) is 2.18. The van der Waals surface area contributed by atoms with E-state index in [1.54, 1.807) is 0 Å². The highest BCUT2D eigenvalue weighted by Crippen LogP contribution is 2.43. The Hall–Kier alpha value is 0.250. The minimum Gasteiger partial charge on any atom is -0.374 e. The van der Waals surface area contributed by atoms with Crippen molar-refractivity contribution < 1.29 is 4.74 Å². The second-order valence-corrected chi connectivity index (χ2v) is 6.13. The van der Waals surface area contributed by atoms with E-state index >= 15 is 0 Å². The minimum absolute atomic E-state index is 0.412. The van der Waals surface area contributed by atoms with Crippen LogP contribution in [0.2, 0.25) is 0 Å². The number of halogens is 1. The molecule has 1 aromatic rings. The first-order valence-electron chi connectivity index (χ1n) is 4.47. The van der Waals surface area contributed by atoms with Crippen LogP contribution in [-0.2, 0) is 4.74 Å². The van der Waals surface area contributed by atoms with Gasteiger partial charge in [-0.25, -0.2) is 4.98 Å². The van der Waals surface area contributed by atoms with Gasteiger partial charge >= 0.3 is 0 Å². The van der Waals surface area contributed by atoms with E-state index in [-0.39, 0.29) is 0 Å². The standard InChI is InChI=1S/C8H9IN2OS/c9-8-10-7(11-13-8)5-3-4-1-2-6(5)12-4/h4-6H,1-3H2. The van der Waals surface area contributed by atoms with Crippen molar-refractivity contribution in [1.82, 2.24) is 9.36 Å². The number of fused-ring (bicyclic) bond motifs is 2. The van der Waals surface area contributed by atoms with Crippen LogP contribution < -0.4 is 0 Å². The molecule has 3 nitrogen and oxygen atoms in total. The molecule has 0 saturated carbocycles. The lowest BCUT2D eigenvalue weighted by molar-refractivity contribution is 0.0999. The maximum absolute atomic E-state index is 5.77. The summed E-state index contributed by atoms with van der Waals surface area (Å²) in [6, 6.07) is 0. The van der Waals surface area contributed by atoms with Crippen LogP contribution in [0.4, 0.5) is 0 Å². The van der Waals surface area contributed by atoms with Gasteiger partial charge in [0.05, 0.1) is 12.2 Å². The van der Waals surface area contributed by atoms with Crippen LogP contribution in [0.15, 0.2) is 0 Å². The zero-order chi connectivity index (χ0) is 8.84. The average molecular weight is 308 g/mol. The molecule has 3 atom stereocenters. The lowest BCUT2D eigenvalue weighted by Crippen LogP contribution is -2.15. The van der Waals surface area contributed by atoms with E-state index in [1.807, 2.05) is 0 Å². The largest absolute Gasteiger partial charge is 0.374 e. The van der Waals surface area contributed by atoms with Crippen molar-refractivity contribution in [3.8, 4) is 0 Å². The predicted molar refractivity (Wildman–Crippen MR) is 57.9 cm³/mol. The zero-order valence-electron chi connectivity index (χ0n) is 6.94. The monoisotopic (exact) mass is 308 g/mol. The van der Waals surface area contributed by atoms with E-state index in [9.17, 15) is 0 Å². The number of aromatic nitrogens is 2. The van der Waals surface area contributed by atoms with Gasteiger partial charge in [-0.3, -0.25) is 0 Å². The summed E-state index contributed by atoms with van der Waals surface area (Å²) in [5.74, 6) is 1.50. The van der Waals surface area contributed by atoms with Crippen molar-refractivity contribution in [3.05, 3.63) is 8.84 Å². The second-order valence-electron chi connectivity index (χ2n) is 3.62. The van der Waals surface area contributed by atoms with Crippen LogP contribution >= 0.6 is 34.1 Å². The fraction of sp³-hybridized carbons (Fsp3) is 0.750. The van der Waals surface area contributed by atoms with Gasteiger partial charge in [-0.1, -0.05) is 0 Å². The van der Waals surface area contributed by atoms with Gasteiger partial charge in [-0.05, 0) is 53.4 Å². The fourth-order valence-electron chi connectivity index (χ4n) is 2.28. The quantitative estimate of drug-likeness (QED) is 0.746. The van der Waals surface area contributed by atoms with Crippen LogP contribution in [0.1, 0.15) is 31.0 Å². The van der Waals surface area contributed by atoms with Gasteiger partial charge in [0.15, 0.2) is 3.01 Å². The lowest BCUT2D eigenvalue weighted by Gasteiger charge is -2.14. The summed E-state index contributed by atoms with van der Waals surface area (Å²) in [5.41, 5.74) is 0. The Labute approximate surface area is 94.2 Å². The molecule has 0 spiro atoms. The van der Waals surface area contributed by atoms with Crippen molar-refractivity contribution in [2.24, 2.45) is 0 Å². The number of ether oxygens (including phenoxy) is 1. The lowest BCUT2D eigenvalue weighted by atomic mass is 9.89. The van der Waals surface area contributed by atoms with Crippen LogP contribution in [-0.4, -0.2) is 21.6 Å². The molecule has 3 unspecified atom stereocenters. The van der Waals surface area contributed by atoms with E-state index in [2.05, 4.69) is 31.9 Å². The van der Waals surface area contributed by atoms with Crippen LogP contribution in [0.3, 0.4) is 0 Å². The van der Waals surface area contributed by atoms with Crippen molar-refractivity contribution in [2.75, 3.05) is 0 Å². The number of hydrogen-bond acceptors (Lipinski definition) is 4. The average Bonchev–Trinajstić information content (AvgIpc) is 2.77. The molecule has 2 aliphatic rings. The third-order valence-corrected chi connectivity index (χ3v) is 4.21. The maximum Gasteiger partial charge on any atom is 0.173 e. The molecule has 0 N–H and O–H groups in total. The highest BCUT2D eigenvalue weighted by molar-refractivity contribution is 14.1. The van der Waals surface area contributed by atoms with Crippen molar-refractivity contribution >= 4 is 34.1 Å². The molecule has 13 heavy (non-hydrogen) atoms. The molecule has 3 heterocycles. The molecule has 0 amide bonds. The van der Waals surface area contributed by atoms with E-state index in [1.165, 1.54) is 24.4 Å². The molecular formula is C8H9IN2OS. The summed E-state index contributed by atoms with van der Waals surface area (Å²) in [7, 11) is 0. The van der Waals surface area contributed by atoms with E-state index < -0.39 is 0 Å². The molecular weight excluding hydrogens is 299 g/mol. The molecule has 0 radical (unpaired) electrons. The van der Waals surface area contributed by atoms with E-state index in [0.717, 1.165) is 15.3 Å². The molecule has 2 fully saturated rings. The third-order valence-electron chi connectivity index (χ3n) is 2.85. The summed E-state index contributed by atoms with van der Waals surface area (Å²) in [6.45, 7) is 0. The Balaban J connectivity index is 1.87. The van der Waals surface area contributed by atoms with Gasteiger partial charge in [0.2, 0.25) is 0 Å². The molecule has 2 aliphatic heterocycles. The first-order chi connectivity index (χ1) is 6.33. The first kappa shape index (κ1) is 8.55. The smallest absolute Gasteiger partial charge is 0.173 e. The van der Waals surface area contributed by atoms with Gasteiger partial charge in [0.25, 0.3) is 0 Å². The van der Waals surface area contributed by atoms with Gasteiger partial charge in [0.1, 0.15) is 5.82 Å². The molecule has 0 aliphatic carbocycles. The molecule has 70 valence electrons. The SMILES string of the molecule is Ic1nc(C2CC3CCC2O3)ns1. The Morgan fingerprint density at radius 3 is 2.92 bits per heavy atom. The molecule has 2 bridgehead atoms. The highest BCUT2D eigenvalue weighted by Gasteiger charge is 2.43. The van der Waals surface area contributed by atoms with Crippen LogP contribution in [0.5, 0.6) is 0 Å². The van der Waals surface area contributed by atoms with Gasteiger partial charge in [-0.15, -0.1) is 0 Å². The molecule has 3 rings (SSSR count). The Morgan fingerprint density at radius 1 is 1.46 bits per heavy atom. The molecule has 2 saturated heterocycles. The summed E-state index contributed by atoms with van der Waals surface area (Å²) >= 11 is 3.71. The van der Waals surface area contributed by atoms with E-state index in [4.69, 9.17) is 4.74 Å². The normalized spacial score (nSPS) is 37.2. The number of rotatable bonds is 1. The van der Waals surface area contributed by atoms with Crippen LogP contribution in [0.25, 0.3) is 0 Å². The van der Waals surface area contributed by atoms with Gasteiger partial charge < -0.3 is 4.74 Å². The fourth-order valence-corrected chi connectivity index (χ4v) is 3.30. The minimum atomic E-state index is 0.412. The summed E-state index contributed by atoms with van der Waals surface area (Å²) in [6.07, 6.45) is 4.48. The molecule has 5 heteroatoms. The molecule has 1 aromatic heterocycles. The van der Waals surface area contributed by atoms with Crippen molar-refractivity contribution in [1.29, 1.82) is 0 Å². The maximum atomic E-state index is 5.77. The van der Waals surface area contributed by atoms with Crippen molar-refractivity contribution in [2.45, 2.75) is 37.4 Å². The molecule has 0 aromatic carbocycles. The van der Waals surface area contributed by atoms with Gasteiger partial charge in [0, 0.05) is 5.92 Å². The Bertz CT molecular complexity index is 330. The number of nitrogens with zero attached hydrogens (tertiary/aromatic N) is 2. The van der Waals surface area contributed by atoms with Crippen LogP contribution in [0, 0.1) is 3.01 Å². The van der Waals surface area contributed by atoms with E-state index in [0.29, 0.717) is 18.1 Å². The topological polar surface area (TPSA) is 35.0 Å².